The van der Waals surface area contributed by atoms with E-state index >= 15 is 0 Å². The SMILES string of the molecule is CCCC(CCO)Nc1nc(C)ncc1OC/C(=C/C(C)=NC)CC. The molecule has 0 fully saturated rings. The van der Waals surface area contributed by atoms with E-state index in [9.17, 15) is 5.11 Å². The molecule has 6 heteroatoms. The molecular formula is C19H32N4O2. The van der Waals surface area contributed by atoms with Gasteiger partial charge >= 0.3 is 0 Å². The number of aryl methyl sites for hydroxylation is 1. The number of ether oxygens (including phenoxy) is 1. The van der Waals surface area contributed by atoms with Crippen LogP contribution in [0.2, 0.25) is 0 Å². The molecule has 140 valence electrons. The molecule has 0 aliphatic rings. The van der Waals surface area contributed by atoms with Crippen molar-refractivity contribution in [3.63, 3.8) is 0 Å². The number of anilines is 1. The molecule has 1 heterocycles. The van der Waals surface area contributed by atoms with Gasteiger partial charge in [0.2, 0.25) is 0 Å². The summed E-state index contributed by atoms with van der Waals surface area (Å²) >= 11 is 0. The molecular weight excluding hydrogens is 316 g/mol. The Labute approximate surface area is 151 Å². The summed E-state index contributed by atoms with van der Waals surface area (Å²) in [7, 11) is 1.78. The summed E-state index contributed by atoms with van der Waals surface area (Å²) in [6.07, 6.45) is 7.34. The number of aliphatic hydroxyl groups excluding tert-OH is 1. The van der Waals surface area contributed by atoms with Crippen LogP contribution in [0.25, 0.3) is 0 Å². The average molecular weight is 348 g/mol. The van der Waals surface area contributed by atoms with Gasteiger partial charge in [0.1, 0.15) is 12.4 Å². The lowest BCUT2D eigenvalue weighted by Crippen LogP contribution is -2.22. The van der Waals surface area contributed by atoms with Gasteiger partial charge < -0.3 is 15.2 Å². The predicted octanol–water partition coefficient (Wildman–Crippen LogP) is 3.55. The number of aliphatic imine (C=N–C) groups is 1. The fourth-order valence-corrected chi connectivity index (χ4v) is 2.43. The first kappa shape index (κ1) is 21.1. The summed E-state index contributed by atoms with van der Waals surface area (Å²) < 4.78 is 5.97. The van der Waals surface area contributed by atoms with Crippen LogP contribution in [0.1, 0.15) is 52.3 Å². The molecule has 1 rings (SSSR count). The molecule has 2 N–H and O–H groups in total. The van der Waals surface area contributed by atoms with Gasteiger partial charge in [-0.25, -0.2) is 9.97 Å². The Balaban J connectivity index is 2.90. The van der Waals surface area contributed by atoms with Gasteiger partial charge in [-0.05, 0) is 44.8 Å². The molecule has 0 aromatic carbocycles. The van der Waals surface area contributed by atoms with Crippen LogP contribution in [0.5, 0.6) is 5.75 Å². The fourth-order valence-electron chi connectivity index (χ4n) is 2.43. The van der Waals surface area contributed by atoms with Crippen molar-refractivity contribution in [2.24, 2.45) is 4.99 Å². The summed E-state index contributed by atoms with van der Waals surface area (Å²) in [4.78, 5) is 12.9. The van der Waals surface area contributed by atoms with Crippen LogP contribution >= 0.6 is 0 Å². The van der Waals surface area contributed by atoms with E-state index in [4.69, 9.17) is 4.74 Å². The number of hydrogen-bond donors (Lipinski definition) is 2. The normalized spacial score (nSPS) is 13.7. The second kappa shape index (κ2) is 11.6. The third-order valence-electron chi connectivity index (χ3n) is 3.96. The van der Waals surface area contributed by atoms with E-state index in [1.165, 1.54) is 0 Å². The largest absolute Gasteiger partial charge is 0.484 e. The van der Waals surface area contributed by atoms with Crippen LogP contribution < -0.4 is 10.1 Å². The first-order chi connectivity index (χ1) is 12.0. The van der Waals surface area contributed by atoms with Crippen molar-refractivity contribution in [1.29, 1.82) is 0 Å². The number of aliphatic hydroxyl groups is 1. The summed E-state index contributed by atoms with van der Waals surface area (Å²) in [6.45, 7) is 8.68. The zero-order valence-corrected chi connectivity index (χ0v) is 16.2. The Hall–Kier alpha value is -1.95. The molecule has 0 radical (unpaired) electrons. The highest BCUT2D eigenvalue weighted by Crippen LogP contribution is 2.24. The van der Waals surface area contributed by atoms with Crippen molar-refractivity contribution in [3.05, 3.63) is 23.7 Å². The van der Waals surface area contributed by atoms with Gasteiger partial charge in [-0.1, -0.05) is 20.3 Å². The van der Waals surface area contributed by atoms with Gasteiger partial charge in [0.15, 0.2) is 11.6 Å². The molecule has 1 aromatic heterocycles. The molecule has 6 nitrogen and oxygen atoms in total. The predicted molar refractivity (Wildman–Crippen MR) is 104 cm³/mol. The highest BCUT2D eigenvalue weighted by Gasteiger charge is 2.13. The average Bonchev–Trinajstić information content (AvgIpc) is 2.60. The van der Waals surface area contributed by atoms with Crippen LogP contribution in [0.15, 0.2) is 22.8 Å². The van der Waals surface area contributed by atoms with E-state index in [0.29, 0.717) is 30.4 Å². The van der Waals surface area contributed by atoms with Crippen molar-refractivity contribution >= 4 is 11.5 Å². The molecule has 0 spiro atoms. The Kier molecular flexibility index (Phi) is 9.77. The van der Waals surface area contributed by atoms with E-state index in [0.717, 1.165) is 30.5 Å². The molecule has 1 atom stereocenters. The minimum absolute atomic E-state index is 0.149. The summed E-state index contributed by atoms with van der Waals surface area (Å²) in [5.74, 6) is 2.01. The Morgan fingerprint density at radius 3 is 2.76 bits per heavy atom. The lowest BCUT2D eigenvalue weighted by molar-refractivity contribution is 0.276. The first-order valence-corrected chi connectivity index (χ1v) is 9.00. The van der Waals surface area contributed by atoms with Crippen LogP contribution in [0, 0.1) is 6.92 Å². The lowest BCUT2D eigenvalue weighted by atomic mass is 10.1. The summed E-state index contributed by atoms with van der Waals surface area (Å²) in [5, 5.41) is 12.7. The summed E-state index contributed by atoms with van der Waals surface area (Å²) in [5.41, 5.74) is 2.14. The van der Waals surface area contributed by atoms with Crippen molar-refractivity contribution < 1.29 is 9.84 Å². The van der Waals surface area contributed by atoms with E-state index in [-0.39, 0.29) is 12.6 Å². The minimum Gasteiger partial charge on any atom is -0.484 e. The van der Waals surface area contributed by atoms with E-state index in [1.54, 1.807) is 13.2 Å². The molecule has 25 heavy (non-hydrogen) atoms. The zero-order valence-electron chi connectivity index (χ0n) is 16.2. The maximum atomic E-state index is 9.26. The highest BCUT2D eigenvalue weighted by molar-refractivity contribution is 5.93. The second-order valence-electron chi connectivity index (χ2n) is 6.08. The van der Waals surface area contributed by atoms with Gasteiger partial charge in [-0.2, -0.15) is 0 Å². The van der Waals surface area contributed by atoms with Gasteiger partial charge in [0.25, 0.3) is 0 Å². The molecule has 0 saturated heterocycles. The zero-order chi connectivity index (χ0) is 18.7. The molecule has 0 amide bonds. The smallest absolute Gasteiger partial charge is 0.180 e. The quantitative estimate of drug-likeness (QED) is 0.598. The van der Waals surface area contributed by atoms with Crippen LogP contribution in [-0.2, 0) is 0 Å². The number of allylic oxidation sites excluding steroid dienone is 1. The van der Waals surface area contributed by atoms with E-state index in [2.05, 4.69) is 34.1 Å². The summed E-state index contributed by atoms with van der Waals surface area (Å²) in [6, 6.07) is 0.169. The molecule has 0 aliphatic heterocycles. The van der Waals surface area contributed by atoms with Crippen LogP contribution in [0.4, 0.5) is 5.82 Å². The van der Waals surface area contributed by atoms with E-state index in [1.807, 2.05) is 19.9 Å². The van der Waals surface area contributed by atoms with Crippen molar-refractivity contribution in [2.75, 3.05) is 25.6 Å². The fraction of sp³-hybridized carbons (Fsp3) is 0.632. The highest BCUT2D eigenvalue weighted by atomic mass is 16.5. The van der Waals surface area contributed by atoms with Gasteiger partial charge in [-0.3, -0.25) is 4.99 Å². The van der Waals surface area contributed by atoms with Gasteiger partial charge in [-0.15, -0.1) is 0 Å². The lowest BCUT2D eigenvalue weighted by Gasteiger charge is -2.20. The number of hydrogen-bond acceptors (Lipinski definition) is 6. The molecule has 0 bridgehead atoms. The van der Waals surface area contributed by atoms with Gasteiger partial charge in [0, 0.05) is 25.4 Å². The number of rotatable bonds is 11. The third-order valence-corrected chi connectivity index (χ3v) is 3.96. The van der Waals surface area contributed by atoms with Crippen molar-refractivity contribution in [2.45, 2.75) is 59.4 Å². The number of nitrogens with one attached hydrogen (secondary N) is 1. The Morgan fingerprint density at radius 1 is 1.40 bits per heavy atom. The second-order valence-corrected chi connectivity index (χ2v) is 6.08. The molecule has 1 aromatic rings. The topological polar surface area (TPSA) is 79.6 Å². The number of nitrogens with zero attached hydrogens (tertiary/aromatic N) is 3. The maximum absolute atomic E-state index is 9.26. The number of aromatic nitrogens is 2. The standard InChI is InChI=1S/C19H32N4O2/c1-6-8-17(9-10-24)23-19-18(12-21-15(4)22-19)25-13-16(7-2)11-14(3)20-5/h11-12,17,24H,6-10,13H2,1-5H3,(H,21,22,23)/b16-11+,20-14?. The first-order valence-electron chi connectivity index (χ1n) is 9.00. The van der Waals surface area contributed by atoms with Crippen molar-refractivity contribution in [1.82, 2.24) is 9.97 Å². The molecule has 0 aliphatic carbocycles. The molecule has 1 unspecified atom stereocenters. The maximum Gasteiger partial charge on any atom is 0.180 e. The van der Waals surface area contributed by atoms with Gasteiger partial charge in [0.05, 0.1) is 6.20 Å². The monoisotopic (exact) mass is 348 g/mol. The van der Waals surface area contributed by atoms with E-state index < -0.39 is 0 Å². The Morgan fingerprint density at radius 2 is 2.16 bits per heavy atom. The minimum atomic E-state index is 0.149. The Bertz CT molecular complexity index is 579. The third kappa shape index (κ3) is 7.65. The van der Waals surface area contributed by atoms with Crippen LogP contribution in [-0.4, -0.2) is 47.1 Å². The van der Waals surface area contributed by atoms with Crippen LogP contribution in [0.3, 0.4) is 0 Å². The molecule has 0 saturated carbocycles. The van der Waals surface area contributed by atoms with Crippen molar-refractivity contribution in [3.8, 4) is 5.75 Å².